The van der Waals surface area contributed by atoms with E-state index in [9.17, 15) is 0 Å². The second-order valence-corrected chi connectivity index (χ2v) is 7.06. The molecule has 5 heteroatoms. The van der Waals surface area contributed by atoms with Gasteiger partial charge in [0.1, 0.15) is 0 Å². The molecule has 1 N–H and O–H groups in total. The molecular weight excluding hydrogens is 278 g/mol. The highest BCUT2D eigenvalue weighted by Crippen LogP contribution is 2.26. The second kappa shape index (κ2) is 7.60. The Morgan fingerprint density at radius 1 is 1.32 bits per heavy atom. The van der Waals surface area contributed by atoms with Gasteiger partial charge in [-0.25, -0.2) is 0 Å². The molecule has 108 valence electrons. The molecule has 1 aliphatic rings. The fraction of sp³-hybridized carbons (Fsp3) is 0.714. The Morgan fingerprint density at radius 2 is 2.05 bits per heavy atom. The third-order valence-electron chi connectivity index (χ3n) is 3.72. The van der Waals surface area contributed by atoms with Crippen LogP contribution >= 0.6 is 22.9 Å². The highest BCUT2D eigenvalue weighted by Gasteiger charge is 2.13. The van der Waals surface area contributed by atoms with Crippen LogP contribution in [0.3, 0.4) is 0 Å². The lowest BCUT2D eigenvalue weighted by atomic mass is 10.2. The summed E-state index contributed by atoms with van der Waals surface area (Å²) < 4.78 is 0.876. The van der Waals surface area contributed by atoms with Gasteiger partial charge in [0.25, 0.3) is 0 Å². The lowest BCUT2D eigenvalue weighted by Gasteiger charge is -2.32. The molecule has 2 rings (SSSR count). The van der Waals surface area contributed by atoms with Crippen molar-refractivity contribution in [1.82, 2.24) is 15.1 Å². The number of hydrogen-bond donors (Lipinski definition) is 1. The lowest BCUT2D eigenvalue weighted by Crippen LogP contribution is -2.45. The van der Waals surface area contributed by atoms with Gasteiger partial charge in [-0.05, 0) is 45.6 Å². The van der Waals surface area contributed by atoms with E-state index in [0.717, 1.165) is 10.9 Å². The molecule has 1 saturated heterocycles. The van der Waals surface area contributed by atoms with Crippen molar-refractivity contribution < 1.29 is 0 Å². The van der Waals surface area contributed by atoms with E-state index in [2.05, 4.69) is 35.2 Å². The van der Waals surface area contributed by atoms with Crippen LogP contribution in [0.5, 0.6) is 0 Å². The quantitative estimate of drug-likeness (QED) is 0.815. The summed E-state index contributed by atoms with van der Waals surface area (Å²) in [5, 5.41) is 3.58. The van der Waals surface area contributed by atoms with Gasteiger partial charge >= 0.3 is 0 Å². The molecule has 1 fully saturated rings. The van der Waals surface area contributed by atoms with E-state index >= 15 is 0 Å². The summed E-state index contributed by atoms with van der Waals surface area (Å²) in [5.41, 5.74) is 0. The van der Waals surface area contributed by atoms with Crippen LogP contribution in [0.15, 0.2) is 12.1 Å². The van der Waals surface area contributed by atoms with Crippen molar-refractivity contribution in [3.05, 3.63) is 21.3 Å². The van der Waals surface area contributed by atoms with Crippen LogP contribution in [0, 0.1) is 0 Å². The predicted molar refractivity (Wildman–Crippen MR) is 84.3 cm³/mol. The molecule has 0 aliphatic carbocycles. The predicted octanol–water partition coefficient (Wildman–Crippen LogP) is 2.69. The van der Waals surface area contributed by atoms with Crippen LogP contribution in [-0.4, -0.2) is 56.1 Å². The van der Waals surface area contributed by atoms with Crippen LogP contribution < -0.4 is 5.32 Å². The number of piperazine rings is 1. The minimum atomic E-state index is 0.407. The number of hydrogen-bond acceptors (Lipinski definition) is 4. The van der Waals surface area contributed by atoms with Gasteiger partial charge in [0.05, 0.1) is 4.34 Å². The van der Waals surface area contributed by atoms with Gasteiger partial charge < -0.3 is 15.1 Å². The smallest absolute Gasteiger partial charge is 0.0931 e. The molecule has 0 amide bonds. The summed E-state index contributed by atoms with van der Waals surface area (Å²) in [6, 6.07) is 4.50. The minimum absolute atomic E-state index is 0.407. The normalized spacial score (nSPS) is 19.7. The van der Waals surface area contributed by atoms with E-state index in [1.807, 2.05) is 6.07 Å². The van der Waals surface area contributed by atoms with Gasteiger partial charge in [-0.15, -0.1) is 11.3 Å². The van der Waals surface area contributed by atoms with Crippen molar-refractivity contribution in [2.75, 3.05) is 46.3 Å². The Labute approximate surface area is 125 Å². The lowest BCUT2D eigenvalue weighted by molar-refractivity contribution is 0.152. The molecule has 19 heavy (non-hydrogen) atoms. The maximum absolute atomic E-state index is 5.96. The number of nitrogens with one attached hydrogen (secondary N) is 1. The van der Waals surface area contributed by atoms with Crippen LogP contribution in [0.1, 0.15) is 24.3 Å². The van der Waals surface area contributed by atoms with Crippen LogP contribution in [0.25, 0.3) is 0 Å². The van der Waals surface area contributed by atoms with Gasteiger partial charge in [-0.3, -0.25) is 0 Å². The second-order valence-electron chi connectivity index (χ2n) is 5.32. The summed E-state index contributed by atoms with van der Waals surface area (Å²) in [6.07, 6.45) is 1.22. The van der Waals surface area contributed by atoms with Crippen LogP contribution in [0.2, 0.25) is 4.34 Å². The third-order valence-corrected chi connectivity index (χ3v) is 5.13. The first-order valence-electron chi connectivity index (χ1n) is 7.04. The van der Waals surface area contributed by atoms with Gasteiger partial charge in [0.15, 0.2) is 0 Å². The van der Waals surface area contributed by atoms with Gasteiger partial charge in [-0.2, -0.15) is 0 Å². The third kappa shape index (κ3) is 5.04. The number of rotatable bonds is 6. The molecule has 1 unspecified atom stereocenters. The molecule has 1 aromatic heterocycles. The summed E-state index contributed by atoms with van der Waals surface area (Å²) in [6.45, 7) is 9.33. The van der Waals surface area contributed by atoms with Crippen molar-refractivity contribution in [3.8, 4) is 0 Å². The Bertz CT molecular complexity index is 375. The topological polar surface area (TPSA) is 18.5 Å². The van der Waals surface area contributed by atoms with E-state index in [1.165, 1.54) is 44.0 Å². The number of halogens is 1. The molecule has 0 bridgehead atoms. The zero-order chi connectivity index (χ0) is 13.7. The number of nitrogens with zero attached hydrogens (tertiary/aromatic N) is 2. The van der Waals surface area contributed by atoms with Gasteiger partial charge in [0, 0.05) is 37.1 Å². The van der Waals surface area contributed by atoms with Crippen molar-refractivity contribution in [1.29, 1.82) is 0 Å². The van der Waals surface area contributed by atoms with E-state index < -0.39 is 0 Å². The first-order chi connectivity index (χ1) is 9.15. The van der Waals surface area contributed by atoms with Gasteiger partial charge in [-0.1, -0.05) is 11.6 Å². The Balaban J connectivity index is 1.59. The zero-order valence-corrected chi connectivity index (χ0v) is 13.4. The van der Waals surface area contributed by atoms with Crippen LogP contribution in [0.4, 0.5) is 0 Å². The van der Waals surface area contributed by atoms with E-state index in [1.54, 1.807) is 11.3 Å². The van der Waals surface area contributed by atoms with Crippen molar-refractivity contribution in [2.24, 2.45) is 0 Å². The minimum Gasteiger partial charge on any atom is -0.309 e. The fourth-order valence-corrected chi connectivity index (χ4v) is 3.44. The maximum atomic E-state index is 5.96. The highest BCUT2D eigenvalue weighted by molar-refractivity contribution is 7.16. The first kappa shape index (κ1) is 15.3. The Kier molecular flexibility index (Phi) is 6.10. The summed E-state index contributed by atoms with van der Waals surface area (Å²) in [7, 11) is 2.20. The Morgan fingerprint density at radius 3 is 2.68 bits per heavy atom. The first-order valence-corrected chi connectivity index (χ1v) is 8.24. The molecule has 2 heterocycles. The summed E-state index contributed by atoms with van der Waals surface area (Å²) in [4.78, 5) is 6.29. The summed E-state index contributed by atoms with van der Waals surface area (Å²) in [5.74, 6) is 0. The largest absolute Gasteiger partial charge is 0.309 e. The zero-order valence-electron chi connectivity index (χ0n) is 11.9. The average molecular weight is 302 g/mol. The van der Waals surface area contributed by atoms with Crippen molar-refractivity contribution in [2.45, 2.75) is 19.4 Å². The number of likely N-dealkylation sites (N-methyl/N-ethyl adjacent to an activating group) is 1. The van der Waals surface area contributed by atoms with E-state index in [4.69, 9.17) is 11.6 Å². The molecule has 0 radical (unpaired) electrons. The average Bonchev–Trinajstić information content (AvgIpc) is 2.83. The SMILES string of the molecule is CC(NCCCN1CCN(C)CC1)c1ccc(Cl)s1. The fourth-order valence-electron chi connectivity index (χ4n) is 2.35. The van der Waals surface area contributed by atoms with E-state index in [0.29, 0.717) is 6.04 Å². The molecule has 1 aromatic rings. The number of thiophene rings is 1. The molecule has 3 nitrogen and oxygen atoms in total. The van der Waals surface area contributed by atoms with Crippen LogP contribution in [-0.2, 0) is 0 Å². The van der Waals surface area contributed by atoms with Crippen molar-refractivity contribution in [3.63, 3.8) is 0 Å². The van der Waals surface area contributed by atoms with E-state index in [-0.39, 0.29) is 0 Å². The highest BCUT2D eigenvalue weighted by atomic mass is 35.5. The maximum Gasteiger partial charge on any atom is 0.0931 e. The van der Waals surface area contributed by atoms with Gasteiger partial charge in [0.2, 0.25) is 0 Å². The molecule has 0 saturated carbocycles. The molecule has 1 atom stereocenters. The summed E-state index contributed by atoms with van der Waals surface area (Å²) >= 11 is 7.63. The Hall–Kier alpha value is -0.130. The molecule has 1 aliphatic heterocycles. The molecular formula is C14H24ClN3S. The standard InChI is InChI=1S/C14H24ClN3S/c1-12(13-4-5-14(15)19-13)16-6-3-7-18-10-8-17(2)9-11-18/h4-5,12,16H,3,6-11H2,1-2H3. The monoisotopic (exact) mass is 301 g/mol. The molecule has 0 spiro atoms. The molecule has 0 aromatic carbocycles. The van der Waals surface area contributed by atoms with Crippen molar-refractivity contribution >= 4 is 22.9 Å².